The van der Waals surface area contributed by atoms with E-state index in [0.717, 1.165) is 123 Å². The zero-order valence-electron chi connectivity index (χ0n) is 24.0. The van der Waals surface area contributed by atoms with Crippen LogP contribution in [0.2, 0.25) is 0 Å². The van der Waals surface area contributed by atoms with Crippen molar-refractivity contribution in [1.82, 2.24) is 30.5 Å². The molecule has 2 fully saturated rings. The van der Waals surface area contributed by atoms with Crippen LogP contribution in [-0.2, 0) is 12.8 Å². The smallest absolute Gasteiger partial charge is 0.183 e. The van der Waals surface area contributed by atoms with Gasteiger partial charge in [-0.25, -0.2) is 19.3 Å². The molecule has 0 saturated carbocycles. The molecule has 3 aromatic heterocycles. The van der Waals surface area contributed by atoms with Gasteiger partial charge in [0.1, 0.15) is 23.5 Å². The predicted octanol–water partition coefficient (Wildman–Crippen LogP) is 3.10. The van der Waals surface area contributed by atoms with Gasteiger partial charge in [-0.2, -0.15) is 10.4 Å². The summed E-state index contributed by atoms with van der Waals surface area (Å²) in [5.74, 6) is 2.17. The highest BCUT2D eigenvalue weighted by Gasteiger charge is 2.46. The molecule has 4 aromatic rings. The van der Waals surface area contributed by atoms with Crippen LogP contribution < -0.4 is 25.8 Å². The number of fused-ring (bicyclic) bond motifs is 3. The highest BCUT2D eigenvalue weighted by Crippen LogP contribution is 2.51. The highest BCUT2D eigenvalue weighted by molar-refractivity contribution is 5.87. The molecule has 3 aliphatic heterocycles. The summed E-state index contributed by atoms with van der Waals surface area (Å²) in [6.45, 7) is 6.31. The Morgan fingerprint density at radius 3 is 2.65 bits per heavy atom. The molecule has 8 rings (SSSR count). The Hall–Kier alpha value is -4.34. The lowest BCUT2D eigenvalue weighted by Gasteiger charge is -2.42. The molecule has 4 N–H and O–H groups in total. The van der Waals surface area contributed by atoms with Crippen LogP contribution in [0.1, 0.15) is 47.7 Å². The standard InChI is InChI=1S/C31H34FN11/c32-22-15-19-16-31(28(34)21(19)14-20(22)17-33)5-10-41(11-6-31)26-18-36-27-29(38-26)39-40-30(27)43-9-1-2-23-24(43)3-4-25(37-23)42-12-7-35-8-13-42/h3-4,14-15,18,28,35H,1-2,5-13,16,34H2,(H,38,39,40)/t28-/m1/s1. The molecule has 12 heteroatoms. The van der Waals surface area contributed by atoms with Crippen LogP contribution in [0.4, 0.5) is 27.5 Å². The number of nitrogens with one attached hydrogen (secondary N) is 2. The van der Waals surface area contributed by atoms with Crippen LogP contribution in [0.3, 0.4) is 0 Å². The normalized spacial score (nSPS) is 21.2. The Balaban J connectivity index is 1.00. The Morgan fingerprint density at radius 2 is 1.84 bits per heavy atom. The van der Waals surface area contributed by atoms with Gasteiger partial charge in [-0.15, -0.1) is 0 Å². The second-order valence-electron chi connectivity index (χ2n) is 12.2. The number of aryl methyl sites for hydroxylation is 1. The number of pyridine rings is 1. The third-order valence-corrected chi connectivity index (χ3v) is 9.93. The van der Waals surface area contributed by atoms with Gasteiger partial charge in [0.25, 0.3) is 0 Å². The third-order valence-electron chi connectivity index (χ3n) is 9.93. The molecule has 0 bridgehead atoms. The number of piperazine rings is 1. The number of H-pyrrole nitrogens is 1. The number of hydrogen-bond acceptors (Lipinski definition) is 10. The van der Waals surface area contributed by atoms with E-state index in [1.54, 1.807) is 6.07 Å². The summed E-state index contributed by atoms with van der Waals surface area (Å²) < 4.78 is 14.3. The summed E-state index contributed by atoms with van der Waals surface area (Å²) in [5.41, 5.74) is 12.1. The summed E-state index contributed by atoms with van der Waals surface area (Å²) >= 11 is 0. The second-order valence-corrected chi connectivity index (χ2v) is 12.2. The van der Waals surface area contributed by atoms with E-state index in [-0.39, 0.29) is 17.0 Å². The van der Waals surface area contributed by atoms with Gasteiger partial charge in [0.2, 0.25) is 0 Å². The van der Waals surface area contributed by atoms with Crippen molar-refractivity contribution >= 4 is 34.3 Å². The van der Waals surface area contributed by atoms with Gasteiger partial charge >= 0.3 is 0 Å². The van der Waals surface area contributed by atoms with Gasteiger partial charge in [-0.05, 0) is 72.9 Å². The molecular formula is C31H34FN11. The average molecular weight is 580 g/mol. The summed E-state index contributed by atoms with van der Waals surface area (Å²) in [6, 6.07) is 9.19. The second kappa shape index (κ2) is 10.1. The van der Waals surface area contributed by atoms with Gasteiger partial charge in [0, 0.05) is 51.9 Å². The number of nitrogens with zero attached hydrogens (tertiary/aromatic N) is 8. The molecular weight excluding hydrogens is 545 g/mol. The molecule has 6 heterocycles. The van der Waals surface area contributed by atoms with E-state index >= 15 is 0 Å². The van der Waals surface area contributed by atoms with Crippen molar-refractivity contribution in [3.05, 3.63) is 58.7 Å². The Labute approximate surface area is 248 Å². The van der Waals surface area contributed by atoms with E-state index < -0.39 is 5.82 Å². The van der Waals surface area contributed by atoms with Gasteiger partial charge in [0.05, 0.1) is 23.1 Å². The maximum atomic E-state index is 14.3. The molecule has 4 aliphatic rings. The Kier molecular flexibility index (Phi) is 6.20. The van der Waals surface area contributed by atoms with Crippen molar-refractivity contribution in [3.63, 3.8) is 0 Å². The van der Waals surface area contributed by atoms with Crippen molar-refractivity contribution in [1.29, 1.82) is 5.26 Å². The van der Waals surface area contributed by atoms with E-state index in [1.165, 1.54) is 6.07 Å². The number of aromatic nitrogens is 5. The molecule has 1 aliphatic carbocycles. The van der Waals surface area contributed by atoms with Crippen molar-refractivity contribution in [2.24, 2.45) is 11.1 Å². The minimum absolute atomic E-state index is 0.0652. The number of nitriles is 1. The van der Waals surface area contributed by atoms with E-state index in [4.69, 9.17) is 20.7 Å². The molecule has 1 aromatic carbocycles. The molecule has 0 unspecified atom stereocenters. The number of piperidine rings is 1. The third kappa shape index (κ3) is 4.29. The monoisotopic (exact) mass is 579 g/mol. The van der Waals surface area contributed by atoms with Gasteiger partial charge < -0.3 is 25.8 Å². The van der Waals surface area contributed by atoms with Gasteiger partial charge in [-0.3, -0.25) is 5.10 Å². The number of halogens is 1. The number of rotatable bonds is 3. The van der Waals surface area contributed by atoms with Crippen LogP contribution in [-0.4, -0.2) is 71.0 Å². The number of nitrogens with two attached hydrogens (primary N) is 1. The van der Waals surface area contributed by atoms with E-state index in [0.29, 0.717) is 5.65 Å². The molecule has 11 nitrogen and oxygen atoms in total. The molecule has 0 amide bonds. The lowest BCUT2D eigenvalue weighted by atomic mass is 9.73. The molecule has 220 valence electrons. The Bertz CT molecular complexity index is 1750. The highest BCUT2D eigenvalue weighted by atomic mass is 19.1. The van der Waals surface area contributed by atoms with Gasteiger partial charge in [-0.1, -0.05) is 0 Å². The van der Waals surface area contributed by atoms with Crippen molar-refractivity contribution in [3.8, 4) is 6.07 Å². The topological polar surface area (TPSA) is 139 Å². The number of benzene rings is 1. The summed E-state index contributed by atoms with van der Waals surface area (Å²) in [7, 11) is 0. The van der Waals surface area contributed by atoms with E-state index in [1.807, 2.05) is 12.3 Å². The van der Waals surface area contributed by atoms with Crippen LogP contribution in [0.25, 0.3) is 11.2 Å². The zero-order valence-corrected chi connectivity index (χ0v) is 24.0. The summed E-state index contributed by atoms with van der Waals surface area (Å²) in [4.78, 5) is 21.6. The first-order valence-electron chi connectivity index (χ1n) is 15.2. The number of hydrogen-bond donors (Lipinski definition) is 3. The van der Waals surface area contributed by atoms with E-state index in [2.05, 4.69) is 42.3 Å². The fraction of sp³-hybridized carbons (Fsp3) is 0.452. The van der Waals surface area contributed by atoms with E-state index in [9.17, 15) is 9.65 Å². The van der Waals surface area contributed by atoms with Crippen molar-refractivity contribution in [2.45, 2.75) is 38.1 Å². The van der Waals surface area contributed by atoms with Crippen LogP contribution in [0.15, 0.2) is 30.5 Å². The minimum Gasteiger partial charge on any atom is -0.355 e. The SMILES string of the molecule is N#Cc1cc2c(cc1F)CC1(CCN(c3cnc4c(N5CCCc6nc(N7CCNCC7)ccc65)n[nH]c4n3)CC1)[C@@H]2N. The summed E-state index contributed by atoms with van der Waals surface area (Å²) in [5, 5.41) is 20.5. The van der Waals surface area contributed by atoms with Crippen LogP contribution in [0, 0.1) is 22.6 Å². The predicted molar refractivity (Wildman–Crippen MR) is 162 cm³/mol. The number of anilines is 4. The first kappa shape index (κ1) is 26.3. The largest absolute Gasteiger partial charge is 0.355 e. The lowest BCUT2D eigenvalue weighted by Crippen LogP contribution is -2.44. The first-order valence-corrected chi connectivity index (χ1v) is 15.2. The average Bonchev–Trinajstić information content (AvgIpc) is 3.58. The van der Waals surface area contributed by atoms with Crippen molar-refractivity contribution in [2.75, 3.05) is 60.5 Å². The number of aromatic amines is 1. The first-order chi connectivity index (χ1) is 21.0. The maximum Gasteiger partial charge on any atom is 0.183 e. The fourth-order valence-electron chi connectivity index (χ4n) is 7.50. The summed E-state index contributed by atoms with van der Waals surface area (Å²) in [6.07, 6.45) is 6.23. The van der Waals surface area contributed by atoms with Crippen LogP contribution in [0.5, 0.6) is 0 Å². The zero-order chi connectivity index (χ0) is 29.1. The molecule has 1 spiro atoms. The van der Waals surface area contributed by atoms with Crippen molar-refractivity contribution < 1.29 is 4.39 Å². The van der Waals surface area contributed by atoms with Crippen LogP contribution >= 0.6 is 0 Å². The maximum absolute atomic E-state index is 14.3. The molecule has 43 heavy (non-hydrogen) atoms. The Morgan fingerprint density at radius 1 is 1.02 bits per heavy atom. The molecule has 1 atom stereocenters. The molecule has 0 radical (unpaired) electrons. The van der Waals surface area contributed by atoms with Gasteiger partial charge in [0.15, 0.2) is 17.0 Å². The molecule has 2 saturated heterocycles. The fourth-order valence-corrected chi connectivity index (χ4v) is 7.50. The lowest BCUT2D eigenvalue weighted by molar-refractivity contribution is 0.187. The quantitative estimate of drug-likeness (QED) is 0.332. The minimum atomic E-state index is -0.463.